The Labute approximate surface area is 114 Å². The molecule has 3 heteroatoms. The van der Waals surface area contributed by atoms with Crippen LogP contribution in [0.2, 0.25) is 0 Å². The number of rotatable bonds is 4. The van der Waals surface area contributed by atoms with Gasteiger partial charge in [0.05, 0.1) is 0 Å². The van der Waals surface area contributed by atoms with E-state index < -0.39 is 11.6 Å². The van der Waals surface area contributed by atoms with Crippen molar-refractivity contribution in [1.82, 2.24) is 5.32 Å². The summed E-state index contributed by atoms with van der Waals surface area (Å²) in [6, 6.07) is 4.45. The molecule has 1 saturated carbocycles. The highest BCUT2D eigenvalue weighted by Crippen LogP contribution is 2.27. The third-order valence-corrected chi connectivity index (χ3v) is 3.97. The van der Waals surface area contributed by atoms with Crippen molar-refractivity contribution in [3.05, 3.63) is 35.4 Å². The summed E-state index contributed by atoms with van der Waals surface area (Å²) in [7, 11) is 0. The summed E-state index contributed by atoms with van der Waals surface area (Å²) in [5, 5.41) is 3.51. The molecule has 2 rings (SSSR count). The molecule has 1 fully saturated rings. The highest BCUT2D eigenvalue weighted by Gasteiger charge is 2.20. The second kappa shape index (κ2) is 6.99. The van der Waals surface area contributed by atoms with Gasteiger partial charge in [-0.1, -0.05) is 26.2 Å². The van der Waals surface area contributed by atoms with E-state index in [1.807, 2.05) is 0 Å². The van der Waals surface area contributed by atoms with Gasteiger partial charge in [0.1, 0.15) is 11.6 Å². The molecule has 1 aliphatic carbocycles. The number of halogens is 2. The molecule has 0 bridgehead atoms. The first-order chi connectivity index (χ1) is 9.17. The van der Waals surface area contributed by atoms with E-state index in [1.165, 1.54) is 37.8 Å². The molecule has 0 heterocycles. The van der Waals surface area contributed by atoms with Gasteiger partial charge >= 0.3 is 0 Å². The van der Waals surface area contributed by atoms with Crippen LogP contribution in [0.5, 0.6) is 0 Å². The molecule has 106 valence electrons. The smallest absolute Gasteiger partial charge is 0.126 e. The van der Waals surface area contributed by atoms with Gasteiger partial charge < -0.3 is 5.32 Å². The SMILES string of the molecule is CCNC1CCCCC(Cc2cc(F)cc(F)c2)C1. The Morgan fingerprint density at radius 3 is 2.47 bits per heavy atom. The first-order valence-electron chi connectivity index (χ1n) is 7.35. The van der Waals surface area contributed by atoms with Crippen molar-refractivity contribution in [3.8, 4) is 0 Å². The van der Waals surface area contributed by atoms with Crippen LogP contribution in [0, 0.1) is 17.6 Å². The van der Waals surface area contributed by atoms with Gasteiger partial charge in [0, 0.05) is 12.1 Å². The molecule has 1 aliphatic rings. The molecular formula is C16H23F2N. The van der Waals surface area contributed by atoms with Gasteiger partial charge in [-0.25, -0.2) is 8.78 Å². The van der Waals surface area contributed by atoms with Crippen molar-refractivity contribution < 1.29 is 8.78 Å². The van der Waals surface area contributed by atoms with Crippen LogP contribution in [0.4, 0.5) is 8.78 Å². The van der Waals surface area contributed by atoms with Crippen molar-refractivity contribution in [2.75, 3.05) is 6.54 Å². The van der Waals surface area contributed by atoms with E-state index in [9.17, 15) is 8.78 Å². The predicted molar refractivity (Wildman–Crippen MR) is 74.1 cm³/mol. The minimum absolute atomic E-state index is 0.466. The Bertz CT molecular complexity index is 385. The summed E-state index contributed by atoms with van der Waals surface area (Å²) in [5.74, 6) is -0.397. The summed E-state index contributed by atoms with van der Waals surface area (Å²) < 4.78 is 26.4. The molecule has 1 aromatic rings. The molecule has 0 radical (unpaired) electrons. The van der Waals surface area contributed by atoms with Crippen molar-refractivity contribution in [2.45, 2.75) is 51.5 Å². The van der Waals surface area contributed by atoms with Crippen molar-refractivity contribution >= 4 is 0 Å². The quantitative estimate of drug-likeness (QED) is 0.811. The molecule has 0 saturated heterocycles. The predicted octanol–water partition coefficient (Wildman–Crippen LogP) is 4.07. The lowest BCUT2D eigenvalue weighted by Crippen LogP contribution is -2.30. The summed E-state index contributed by atoms with van der Waals surface area (Å²) in [4.78, 5) is 0. The average molecular weight is 267 g/mol. The summed E-state index contributed by atoms with van der Waals surface area (Å²) in [6.45, 7) is 3.12. The van der Waals surface area contributed by atoms with Crippen LogP contribution in [-0.2, 0) is 6.42 Å². The Balaban J connectivity index is 1.99. The number of benzene rings is 1. The molecule has 1 aromatic carbocycles. The van der Waals surface area contributed by atoms with Gasteiger partial charge in [-0.2, -0.15) is 0 Å². The zero-order valence-corrected chi connectivity index (χ0v) is 11.6. The topological polar surface area (TPSA) is 12.0 Å². The van der Waals surface area contributed by atoms with Gasteiger partial charge in [0.25, 0.3) is 0 Å². The Morgan fingerprint density at radius 2 is 1.79 bits per heavy atom. The largest absolute Gasteiger partial charge is 0.314 e. The molecule has 1 nitrogen and oxygen atoms in total. The van der Waals surface area contributed by atoms with Gasteiger partial charge in [-0.15, -0.1) is 0 Å². The second-order valence-electron chi connectivity index (χ2n) is 5.62. The number of hydrogen-bond donors (Lipinski definition) is 1. The first-order valence-corrected chi connectivity index (χ1v) is 7.35. The lowest BCUT2D eigenvalue weighted by Gasteiger charge is -2.20. The average Bonchev–Trinajstić information content (AvgIpc) is 2.53. The van der Waals surface area contributed by atoms with E-state index >= 15 is 0 Å². The highest BCUT2D eigenvalue weighted by atomic mass is 19.1. The maximum absolute atomic E-state index is 13.2. The first kappa shape index (κ1) is 14.4. The monoisotopic (exact) mass is 267 g/mol. The van der Waals surface area contributed by atoms with Crippen LogP contribution in [0.1, 0.15) is 44.6 Å². The summed E-state index contributed by atoms with van der Waals surface area (Å²) in [6.07, 6.45) is 6.78. The summed E-state index contributed by atoms with van der Waals surface area (Å²) in [5.41, 5.74) is 0.791. The van der Waals surface area contributed by atoms with Crippen molar-refractivity contribution in [3.63, 3.8) is 0 Å². The van der Waals surface area contributed by atoms with E-state index in [-0.39, 0.29) is 0 Å². The van der Waals surface area contributed by atoms with E-state index in [0.29, 0.717) is 12.0 Å². The maximum Gasteiger partial charge on any atom is 0.126 e. The van der Waals surface area contributed by atoms with E-state index in [0.717, 1.165) is 31.0 Å². The van der Waals surface area contributed by atoms with Crippen LogP contribution in [-0.4, -0.2) is 12.6 Å². The molecule has 1 N–H and O–H groups in total. The highest BCUT2D eigenvalue weighted by molar-refractivity contribution is 5.18. The normalized spacial score (nSPS) is 24.2. The van der Waals surface area contributed by atoms with E-state index in [1.54, 1.807) is 0 Å². The molecule has 0 spiro atoms. The van der Waals surface area contributed by atoms with Gasteiger partial charge in [0.15, 0.2) is 0 Å². The minimum atomic E-state index is -0.466. The van der Waals surface area contributed by atoms with E-state index in [2.05, 4.69) is 12.2 Å². The third kappa shape index (κ3) is 4.57. The Hall–Kier alpha value is -0.960. The lowest BCUT2D eigenvalue weighted by atomic mass is 9.91. The second-order valence-corrected chi connectivity index (χ2v) is 5.62. The van der Waals surface area contributed by atoms with Crippen LogP contribution in [0.15, 0.2) is 18.2 Å². The molecular weight excluding hydrogens is 244 g/mol. The molecule has 2 atom stereocenters. The maximum atomic E-state index is 13.2. The van der Waals surface area contributed by atoms with Gasteiger partial charge in [-0.05, 0) is 49.4 Å². The molecule has 19 heavy (non-hydrogen) atoms. The number of hydrogen-bond acceptors (Lipinski definition) is 1. The fourth-order valence-electron chi connectivity index (χ4n) is 3.18. The van der Waals surface area contributed by atoms with Crippen molar-refractivity contribution in [1.29, 1.82) is 0 Å². The van der Waals surface area contributed by atoms with Crippen molar-refractivity contribution in [2.24, 2.45) is 5.92 Å². The Kier molecular flexibility index (Phi) is 5.32. The third-order valence-electron chi connectivity index (χ3n) is 3.97. The zero-order valence-electron chi connectivity index (χ0n) is 11.6. The standard InChI is InChI=1S/C16H23F2N/c1-2-19-16-6-4-3-5-12(10-16)7-13-8-14(17)11-15(18)9-13/h8-9,11-12,16,19H,2-7,10H2,1H3. The van der Waals surface area contributed by atoms with E-state index in [4.69, 9.17) is 0 Å². The van der Waals surface area contributed by atoms with Crippen LogP contribution in [0.25, 0.3) is 0 Å². The molecule has 0 aromatic heterocycles. The molecule has 0 amide bonds. The Morgan fingerprint density at radius 1 is 1.11 bits per heavy atom. The fourth-order valence-corrected chi connectivity index (χ4v) is 3.18. The minimum Gasteiger partial charge on any atom is -0.314 e. The summed E-state index contributed by atoms with van der Waals surface area (Å²) >= 11 is 0. The zero-order chi connectivity index (χ0) is 13.7. The lowest BCUT2D eigenvalue weighted by molar-refractivity contribution is 0.388. The number of nitrogens with one attached hydrogen (secondary N) is 1. The molecule has 2 unspecified atom stereocenters. The molecule has 0 aliphatic heterocycles. The van der Waals surface area contributed by atoms with Crippen LogP contribution >= 0.6 is 0 Å². The van der Waals surface area contributed by atoms with Crippen LogP contribution < -0.4 is 5.32 Å². The van der Waals surface area contributed by atoms with Gasteiger partial charge in [-0.3, -0.25) is 0 Å². The fraction of sp³-hybridized carbons (Fsp3) is 0.625. The van der Waals surface area contributed by atoms with Gasteiger partial charge in [0.2, 0.25) is 0 Å². The van der Waals surface area contributed by atoms with Crippen LogP contribution in [0.3, 0.4) is 0 Å².